The lowest BCUT2D eigenvalue weighted by molar-refractivity contribution is -0.0156. The zero-order chi connectivity index (χ0) is 12.3. The van der Waals surface area contributed by atoms with Gasteiger partial charge in [0.1, 0.15) is 5.52 Å². The number of oxazole rings is 1. The second kappa shape index (κ2) is 3.35. The van der Waals surface area contributed by atoms with Gasteiger partial charge in [0.2, 0.25) is 0 Å². The van der Waals surface area contributed by atoms with E-state index in [0.717, 1.165) is 17.0 Å². The van der Waals surface area contributed by atoms with Gasteiger partial charge >= 0.3 is 0 Å². The average Bonchev–Trinajstić information content (AvgIpc) is 2.63. The first-order valence-electron chi connectivity index (χ1n) is 6.76. The third kappa shape index (κ3) is 1.43. The van der Waals surface area contributed by atoms with Gasteiger partial charge in [-0.2, -0.15) is 0 Å². The van der Waals surface area contributed by atoms with Gasteiger partial charge in [0.25, 0.3) is 0 Å². The quantitative estimate of drug-likeness (QED) is 0.836. The smallest absolute Gasteiger partial charge is 0.198 e. The summed E-state index contributed by atoms with van der Waals surface area (Å²) < 4.78 is 5.87. The molecule has 0 unspecified atom stereocenters. The average molecular weight is 242 g/mol. The minimum Gasteiger partial charge on any atom is -0.440 e. The van der Waals surface area contributed by atoms with Gasteiger partial charge in [-0.3, -0.25) is 0 Å². The van der Waals surface area contributed by atoms with Crippen LogP contribution in [0.2, 0.25) is 0 Å². The van der Waals surface area contributed by atoms with Gasteiger partial charge in [-0.25, -0.2) is 4.98 Å². The second-order valence-electron chi connectivity index (χ2n) is 6.30. The van der Waals surface area contributed by atoms with Gasteiger partial charge < -0.3 is 10.2 Å². The Hall–Kier alpha value is -1.35. The normalized spacial score (nSPS) is 34.6. The van der Waals surface area contributed by atoms with Crippen LogP contribution in [0.4, 0.5) is 0 Å². The third-order valence-electron chi connectivity index (χ3n) is 4.66. The summed E-state index contributed by atoms with van der Waals surface area (Å²) in [6.07, 6.45) is 4.82. The summed E-state index contributed by atoms with van der Waals surface area (Å²) >= 11 is 0. The van der Waals surface area contributed by atoms with Crippen LogP contribution in [-0.2, 0) is 0 Å². The molecule has 0 bridgehead atoms. The van der Waals surface area contributed by atoms with Gasteiger partial charge in [0.15, 0.2) is 11.5 Å². The van der Waals surface area contributed by atoms with E-state index in [9.17, 15) is 0 Å². The van der Waals surface area contributed by atoms with Crippen LogP contribution >= 0.6 is 0 Å². The Kier molecular flexibility index (Phi) is 1.97. The number of hydrogen-bond donors (Lipinski definition) is 1. The standard InChI is InChI=1S/C15H18N2O/c1-9-2-3-13-12(4-9)17-14(18-13)10-5-15(6-10)7-11(16)8-15/h2-4,10-11H,5-8,16H2,1H3. The molecule has 2 aliphatic carbocycles. The van der Waals surface area contributed by atoms with Crippen molar-refractivity contribution in [2.45, 2.75) is 44.6 Å². The fraction of sp³-hybridized carbons (Fsp3) is 0.533. The molecule has 0 radical (unpaired) electrons. The Balaban J connectivity index is 1.57. The molecule has 18 heavy (non-hydrogen) atoms. The molecule has 94 valence electrons. The van der Waals surface area contributed by atoms with E-state index in [1.807, 2.05) is 6.07 Å². The maximum atomic E-state index is 5.89. The number of fused-ring (bicyclic) bond motifs is 1. The van der Waals surface area contributed by atoms with Crippen molar-refractivity contribution in [1.82, 2.24) is 4.98 Å². The minimum absolute atomic E-state index is 0.442. The third-order valence-corrected chi connectivity index (χ3v) is 4.66. The number of rotatable bonds is 1. The molecule has 2 fully saturated rings. The van der Waals surface area contributed by atoms with E-state index in [2.05, 4.69) is 24.0 Å². The highest BCUT2D eigenvalue weighted by Crippen LogP contribution is 2.61. The maximum absolute atomic E-state index is 5.89. The Bertz CT molecular complexity index is 602. The molecule has 2 N–H and O–H groups in total. The molecule has 2 saturated carbocycles. The first kappa shape index (κ1) is 10.6. The number of nitrogens with two attached hydrogens (primary N) is 1. The minimum atomic E-state index is 0.442. The fourth-order valence-electron chi connectivity index (χ4n) is 3.78. The zero-order valence-corrected chi connectivity index (χ0v) is 10.6. The van der Waals surface area contributed by atoms with Crippen molar-refractivity contribution in [1.29, 1.82) is 0 Å². The molecule has 1 aromatic carbocycles. The molecule has 1 heterocycles. The lowest BCUT2D eigenvalue weighted by atomic mass is 9.50. The van der Waals surface area contributed by atoms with Crippen molar-refractivity contribution >= 4 is 11.1 Å². The molecule has 4 rings (SSSR count). The maximum Gasteiger partial charge on any atom is 0.198 e. The predicted molar refractivity (Wildman–Crippen MR) is 70.4 cm³/mol. The van der Waals surface area contributed by atoms with Crippen LogP contribution in [0.3, 0.4) is 0 Å². The first-order chi connectivity index (χ1) is 8.63. The van der Waals surface area contributed by atoms with Crippen molar-refractivity contribution < 1.29 is 4.42 Å². The predicted octanol–water partition coefficient (Wildman–Crippen LogP) is 3.12. The molecule has 3 nitrogen and oxygen atoms in total. The van der Waals surface area contributed by atoms with E-state index < -0.39 is 0 Å². The van der Waals surface area contributed by atoms with Crippen molar-refractivity contribution in [2.24, 2.45) is 11.1 Å². The van der Waals surface area contributed by atoms with E-state index >= 15 is 0 Å². The van der Waals surface area contributed by atoms with Crippen LogP contribution in [0, 0.1) is 12.3 Å². The largest absolute Gasteiger partial charge is 0.440 e. The molecular weight excluding hydrogens is 224 g/mol. The van der Waals surface area contributed by atoms with E-state index in [-0.39, 0.29) is 0 Å². The molecule has 0 saturated heterocycles. The van der Waals surface area contributed by atoms with Gasteiger partial charge in [0.05, 0.1) is 0 Å². The molecule has 0 atom stereocenters. The number of aromatic nitrogens is 1. The number of nitrogens with zero attached hydrogens (tertiary/aromatic N) is 1. The van der Waals surface area contributed by atoms with Crippen molar-refractivity contribution in [3.8, 4) is 0 Å². The van der Waals surface area contributed by atoms with Gasteiger partial charge in [-0.1, -0.05) is 6.07 Å². The second-order valence-corrected chi connectivity index (χ2v) is 6.30. The van der Waals surface area contributed by atoms with E-state index in [1.165, 1.54) is 31.2 Å². The monoisotopic (exact) mass is 242 g/mol. The Labute approximate surface area is 106 Å². The topological polar surface area (TPSA) is 52.0 Å². The highest BCUT2D eigenvalue weighted by Gasteiger charge is 2.53. The van der Waals surface area contributed by atoms with E-state index in [1.54, 1.807) is 0 Å². The van der Waals surface area contributed by atoms with Crippen LogP contribution < -0.4 is 5.73 Å². The van der Waals surface area contributed by atoms with E-state index in [0.29, 0.717) is 17.4 Å². The molecule has 3 heteroatoms. The van der Waals surface area contributed by atoms with Crippen LogP contribution in [-0.4, -0.2) is 11.0 Å². The first-order valence-corrected chi connectivity index (χ1v) is 6.76. The Morgan fingerprint density at radius 1 is 1.28 bits per heavy atom. The summed E-state index contributed by atoms with van der Waals surface area (Å²) in [6, 6.07) is 6.63. The number of hydrogen-bond acceptors (Lipinski definition) is 3. The molecule has 1 spiro atoms. The summed E-state index contributed by atoms with van der Waals surface area (Å²) in [6.45, 7) is 2.09. The fourth-order valence-corrected chi connectivity index (χ4v) is 3.78. The summed E-state index contributed by atoms with van der Waals surface area (Å²) in [5.74, 6) is 1.45. The van der Waals surface area contributed by atoms with Crippen molar-refractivity contribution in [3.05, 3.63) is 29.7 Å². The molecule has 0 aliphatic heterocycles. The zero-order valence-electron chi connectivity index (χ0n) is 10.6. The molecule has 2 aliphatic rings. The summed E-state index contributed by atoms with van der Waals surface area (Å²) in [4.78, 5) is 4.64. The van der Waals surface area contributed by atoms with Crippen LogP contribution in [0.25, 0.3) is 11.1 Å². The van der Waals surface area contributed by atoms with E-state index in [4.69, 9.17) is 10.2 Å². The van der Waals surface area contributed by atoms with Crippen LogP contribution in [0.5, 0.6) is 0 Å². The molecule has 2 aromatic rings. The Morgan fingerprint density at radius 3 is 2.78 bits per heavy atom. The Morgan fingerprint density at radius 2 is 2.06 bits per heavy atom. The lowest BCUT2D eigenvalue weighted by Gasteiger charge is -2.56. The molecule has 0 amide bonds. The van der Waals surface area contributed by atoms with Gasteiger partial charge in [-0.15, -0.1) is 0 Å². The highest BCUT2D eigenvalue weighted by atomic mass is 16.3. The van der Waals surface area contributed by atoms with Gasteiger partial charge in [-0.05, 0) is 55.7 Å². The molecule has 1 aromatic heterocycles. The highest BCUT2D eigenvalue weighted by molar-refractivity contribution is 5.73. The summed E-state index contributed by atoms with van der Waals surface area (Å²) in [7, 11) is 0. The van der Waals surface area contributed by atoms with Crippen molar-refractivity contribution in [3.63, 3.8) is 0 Å². The van der Waals surface area contributed by atoms with Crippen LogP contribution in [0.15, 0.2) is 22.6 Å². The SMILES string of the molecule is Cc1ccc2oc(C3CC4(CC(N)C4)C3)nc2c1. The number of benzene rings is 1. The summed E-state index contributed by atoms with van der Waals surface area (Å²) in [5, 5.41) is 0. The van der Waals surface area contributed by atoms with Crippen molar-refractivity contribution in [2.75, 3.05) is 0 Å². The van der Waals surface area contributed by atoms with Gasteiger partial charge in [0, 0.05) is 12.0 Å². The lowest BCUT2D eigenvalue weighted by Crippen LogP contribution is -2.52. The number of aryl methyl sites for hydroxylation is 1. The van der Waals surface area contributed by atoms with Crippen LogP contribution in [0.1, 0.15) is 43.1 Å². The molecular formula is C15H18N2O. The summed E-state index contributed by atoms with van der Waals surface area (Å²) in [5.41, 5.74) is 9.58.